The fraction of sp³-hybridized carbons (Fsp3) is 0.227. The third-order valence-corrected chi connectivity index (χ3v) is 4.31. The number of hydrogen-bond donors (Lipinski definition) is 2. The maximum atomic E-state index is 12.9. The van der Waals surface area contributed by atoms with E-state index in [2.05, 4.69) is 0 Å². The highest BCUT2D eigenvalue weighted by Crippen LogP contribution is 2.42. The van der Waals surface area contributed by atoms with Crippen LogP contribution in [-0.4, -0.2) is 31.0 Å². The first kappa shape index (κ1) is 20.1. The number of aromatic hydroxyl groups is 2. The van der Waals surface area contributed by atoms with E-state index < -0.39 is 11.2 Å². The van der Waals surface area contributed by atoms with Crippen LogP contribution in [0.4, 0.5) is 0 Å². The molecule has 0 aliphatic carbocycles. The number of ether oxygens (including phenoxy) is 3. The van der Waals surface area contributed by atoms with Crippen LogP contribution < -0.4 is 19.6 Å². The summed E-state index contributed by atoms with van der Waals surface area (Å²) in [7, 11) is 2.67. The lowest BCUT2D eigenvalue weighted by Crippen LogP contribution is -2.08. The Morgan fingerprint density at radius 3 is 2.28 bits per heavy atom. The van der Waals surface area contributed by atoms with Gasteiger partial charge in [-0.05, 0) is 44.2 Å². The van der Waals surface area contributed by atoms with Gasteiger partial charge >= 0.3 is 0 Å². The van der Waals surface area contributed by atoms with Gasteiger partial charge in [0.1, 0.15) is 23.5 Å². The van der Waals surface area contributed by atoms with E-state index in [9.17, 15) is 15.0 Å². The molecule has 1 heterocycles. The van der Waals surface area contributed by atoms with Crippen molar-refractivity contribution in [2.75, 3.05) is 20.8 Å². The first-order valence-corrected chi connectivity index (χ1v) is 8.87. The molecule has 2 aromatic carbocycles. The highest BCUT2D eigenvalue weighted by molar-refractivity contribution is 5.93. The molecule has 7 nitrogen and oxygen atoms in total. The van der Waals surface area contributed by atoms with Crippen molar-refractivity contribution in [2.45, 2.75) is 13.8 Å². The summed E-state index contributed by atoms with van der Waals surface area (Å²) in [5.41, 5.74) is 1.06. The SMILES string of the molecule is COc1c(-c2ccc(OCC=C(C)C)cc2)oc2c(OC)c(O)cc(O)c2c1=O. The Balaban J connectivity index is 2.14. The molecule has 0 bridgehead atoms. The van der Waals surface area contributed by atoms with Crippen molar-refractivity contribution in [3.63, 3.8) is 0 Å². The van der Waals surface area contributed by atoms with Gasteiger partial charge in [-0.25, -0.2) is 0 Å². The Bertz CT molecular complexity index is 1120. The monoisotopic (exact) mass is 398 g/mol. The molecule has 1 aromatic heterocycles. The average Bonchev–Trinajstić information content (AvgIpc) is 2.68. The molecule has 0 aliphatic rings. The largest absolute Gasteiger partial charge is 0.507 e. The van der Waals surface area contributed by atoms with Gasteiger partial charge in [0, 0.05) is 11.6 Å². The van der Waals surface area contributed by atoms with Crippen LogP contribution in [0, 0.1) is 0 Å². The lowest BCUT2D eigenvalue weighted by Gasteiger charge is -2.13. The lowest BCUT2D eigenvalue weighted by atomic mass is 10.1. The molecule has 0 saturated heterocycles. The van der Waals surface area contributed by atoms with Crippen molar-refractivity contribution >= 4 is 11.0 Å². The molecular formula is C22H22O7. The molecule has 0 atom stereocenters. The van der Waals surface area contributed by atoms with Crippen LogP contribution in [0.25, 0.3) is 22.3 Å². The third kappa shape index (κ3) is 3.85. The second-order valence-electron chi connectivity index (χ2n) is 6.56. The zero-order chi connectivity index (χ0) is 21.1. The molecule has 152 valence electrons. The fourth-order valence-electron chi connectivity index (χ4n) is 2.88. The summed E-state index contributed by atoms with van der Waals surface area (Å²) in [5.74, 6) is -0.107. The summed E-state index contributed by atoms with van der Waals surface area (Å²) in [5, 5.41) is 20.0. The average molecular weight is 398 g/mol. The van der Waals surface area contributed by atoms with Gasteiger partial charge < -0.3 is 28.8 Å². The number of hydrogen-bond acceptors (Lipinski definition) is 7. The van der Waals surface area contributed by atoms with Gasteiger partial charge in [0.25, 0.3) is 0 Å². The Kier molecular flexibility index (Phi) is 5.68. The van der Waals surface area contributed by atoms with Crippen molar-refractivity contribution in [3.05, 3.63) is 52.2 Å². The van der Waals surface area contributed by atoms with Crippen molar-refractivity contribution in [3.8, 4) is 40.1 Å². The summed E-state index contributed by atoms with van der Waals surface area (Å²) in [6.45, 7) is 4.43. The summed E-state index contributed by atoms with van der Waals surface area (Å²) >= 11 is 0. The fourth-order valence-corrected chi connectivity index (χ4v) is 2.88. The van der Waals surface area contributed by atoms with Gasteiger partial charge in [-0.1, -0.05) is 5.57 Å². The van der Waals surface area contributed by atoms with Gasteiger partial charge in [-0.2, -0.15) is 0 Å². The molecule has 29 heavy (non-hydrogen) atoms. The predicted octanol–water partition coefficient (Wildman–Crippen LogP) is 4.23. The molecule has 0 radical (unpaired) electrons. The van der Waals surface area contributed by atoms with E-state index in [0.717, 1.165) is 11.6 Å². The number of methoxy groups -OCH3 is 2. The second kappa shape index (κ2) is 8.18. The van der Waals surface area contributed by atoms with E-state index in [1.807, 2.05) is 19.9 Å². The summed E-state index contributed by atoms with van der Waals surface area (Å²) in [4.78, 5) is 12.9. The molecule has 0 saturated carbocycles. The minimum atomic E-state index is -0.580. The Labute approximate surface area is 167 Å². The maximum absolute atomic E-state index is 12.9. The van der Waals surface area contributed by atoms with E-state index >= 15 is 0 Å². The molecule has 7 heteroatoms. The molecule has 0 spiro atoms. The highest BCUT2D eigenvalue weighted by Gasteiger charge is 2.24. The molecule has 0 aliphatic heterocycles. The molecule has 0 fully saturated rings. The first-order chi connectivity index (χ1) is 13.9. The minimum Gasteiger partial charge on any atom is -0.507 e. The number of benzene rings is 2. The molecule has 2 N–H and O–H groups in total. The van der Waals surface area contributed by atoms with Crippen LogP contribution in [0.15, 0.2) is 51.2 Å². The van der Waals surface area contributed by atoms with Crippen molar-refractivity contribution in [2.24, 2.45) is 0 Å². The summed E-state index contributed by atoms with van der Waals surface area (Å²) < 4.78 is 21.9. The van der Waals surface area contributed by atoms with Gasteiger partial charge in [-0.3, -0.25) is 4.79 Å². The number of fused-ring (bicyclic) bond motifs is 1. The van der Waals surface area contributed by atoms with Crippen LogP contribution in [-0.2, 0) is 0 Å². The van der Waals surface area contributed by atoms with E-state index in [1.54, 1.807) is 24.3 Å². The summed E-state index contributed by atoms with van der Waals surface area (Å²) in [6.07, 6.45) is 1.96. The number of rotatable bonds is 6. The van der Waals surface area contributed by atoms with Crippen molar-refractivity contribution in [1.82, 2.24) is 0 Å². The topological polar surface area (TPSA) is 98.4 Å². The summed E-state index contributed by atoms with van der Waals surface area (Å²) in [6, 6.07) is 7.96. The van der Waals surface area contributed by atoms with E-state index in [0.29, 0.717) is 17.9 Å². The van der Waals surface area contributed by atoms with Crippen LogP contribution >= 0.6 is 0 Å². The molecule has 0 unspecified atom stereocenters. The quantitative estimate of drug-likeness (QED) is 0.600. The van der Waals surface area contributed by atoms with Gasteiger partial charge in [0.15, 0.2) is 17.1 Å². The standard InChI is InChI=1S/C22H22O7/c1-12(2)9-10-28-14-7-5-13(6-8-14)19-22(27-4)18(25)17-15(23)11-16(24)20(26-3)21(17)29-19/h5-9,11,23-24H,10H2,1-4H3. The Morgan fingerprint density at radius 2 is 1.69 bits per heavy atom. The van der Waals surface area contributed by atoms with Crippen LogP contribution in [0.5, 0.6) is 28.7 Å². The maximum Gasteiger partial charge on any atom is 0.239 e. The van der Waals surface area contributed by atoms with Gasteiger partial charge in [0.05, 0.1) is 14.2 Å². The van der Waals surface area contributed by atoms with Gasteiger partial charge in [-0.15, -0.1) is 0 Å². The Morgan fingerprint density at radius 1 is 1.03 bits per heavy atom. The zero-order valence-electron chi connectivity index (χ0n) is 16.6. The number of allylic oxidation sites excluding steroid dienone is 1. The molecule has 0 amide bonds. The molecule has 3 rings (SSSR count). The van der Waals surface area contributed by atoms with Crippen LogP contribution in [0.1, 0.15) is 13.8 Å². The van der Waals surface area contributed by atoms with E-state index in [1.165, 1.54) is 14.2 Å². The van der Waals surface area contributed by atoms with Crippen molar-refractivity contribution in [1.29, 1.82) is 0 Å². The molecule has 3 aromatic rings. The number of phenols is 2. The molecular weight excluding hydrogens is 376 g/mol. The normalized spacial score (nSPS) is 10.6. The van der Waals surface area contributed by atoms with E-state index in [4.69, 9.17) is 18.6 Å². The predicted molar refractivity (Wildman–Crippen MR) is 109 cm³/mol. The third-order valence-electron chi connectivity index (χ3n) is 4.31. The lowest BCUT2D eigenvalue weighted by molar-refractivity contribution is 0.361. The smallest absolute Gasteiger partial charge is 0.239 e. The van der Waals surface area contributed by atoms with Crippen molar-refractivity contribution < 1.29 is 28.8 Å². The second-order valence-corrected chi connectivity index (χ2v) is 6.56. The highest BCUT2D eigenvalue weighted by atomic mass is 16.5. The van der Waals surface area contributed by atoms with Crippen LogP contribution in [0.3, 0.4) is 0 Å². The zero-order valence-corrected chi connectivity index (χ0v) is 16.6. The number of phenolic OH excluding ortho intramolecular Hbond substituents is 2. The van der Waals surface area contributed by atoms with Crippen LogP contribution in [0.2, 0.25) is 0 Å². The van der Waals surface area contributed by atoms with Gasteiger partial charge in [0.2, 0.25) is 16.9 Å². The minimum absolute atomic E-state index is 0.0551. The van der Waals surface area contributed by atoms with E-state index in [-0.39, 0.29) is 34.0 Å². The Hall–Kier alpha value is -3.61. The first-order valence-electron chi connectivity index (χ1n) is 8.87.